The Kier molecular flexibility index (Phi) is 4.22. The van der Waals surface area contributed by atoms with Gasteiger partial charge in [0, 0.05) is 6.26 Å². The lowest BCUT2D eigenvalue weighted by molar-refractivity contribution is 0.188. The summed E-state index contributed by atoms with van der Waals surface area (Å²) in [5.41, 5.74) is 0.971. The monoisotopic (exact) mass is 318 g/mol. The minimum Gasteiger partial charge on any atom is -0.266 e. The summed E-state index contributed by atoms with van der Waals surface area (Å²) in [6.07, 6.45) is 2.16. The zero-order chi connectivity index (χ0) is 15.0. The van der Waals surface area contributed by atoms with Gasteiger partial charge in [-0.25, -0.2) is 8.42 Å². The Balaban J connectivity index is 1.90. The predicted octanol–water partition coefficient (Wildman–Crippen LogP) is 1.52. The van der Waals surface area contributed by atoms with Gasteiger partial charge < -0.3 is 0 Å². The molecule has 1 saturated carbocycles. The van der Waals surface area contributed by atoms with Crippen LogP contribution in [-0.4, -0.2) is 34.9 Å². The smallest absolute Gasteiger partial charge is 0.266 e. The second-order valence-electron chi connectivity index (χ2n) is 5.34. The highest BCUT2D eigenvalue weighted by atomic mass is 32.2. The number of benzene rings is 1. The van der Waals surface area contributed by atoms with Crippen molar-refractivity contribution in [1.29, 1.82) is 0 Å². The Morgan fingerprint density at radius 2 is 1.65 bits per heavy atom. The van der Waals surface area contributed by atoms with E-state index < -0.39 is 20.0 Å². The first kappa shape index (κ1) is 15.5. The molecule has 7 heteroatoms. The maximum absolute atomic E-state index is 11.9. The minimum atomic E-state index is -3.75. The summed E-state index contributed by atoms with van der Waals surface area (Å²) >= 11 is 0. The lowest BCUT2D eigenvalue weighted by atomic mass is 9.86. The van der Waals surface area contributed by atoms with Gasteiger partial charge in [-0.1, -0.05) is 17.7 Å². The molecule has 20 heavy (non-hydrogen) atoms. The van der Waals surface area contributed by atoms with E-state index in [1.165, 1.54) is 18.4 Å². The van der Waals surface area contributed by atoms with Crippen LogP contribution in [0, 0.1) is 12.8 Å². The summed E-state index contributed by atoms with van der Waals surface area (Å²) in [5.74, 6) is -0.00468. The van der Waals surface area contributed by atoms with Crippen molar-refractivity contribution >= 4 is 20.0 Å². The molecular formula is C13H18O5S2. The van der Waals surface area contributed by atoms with Crippen LogP contribution in [0.3, 0.4) is 0 Å². The van der Waals surface area contributed by atoms with Crippen LogP contribution in [0.25, 0.3) is 0 Å². The molecule has 0 unspecified atom stereocenters. The fourth-order valence-electron chi connectivity index (χ4n) is 2.12. The molecule has 0 aromatic heterocycles. The van der Waals surface area contributed by atoms with Crippen molar-refractivity contribution in [2.45, 2.75) is 29.9 Å². The highest BCUT2D eigenvalue weighted by Gasteiger charge is 2.37. The van der Waals surface area contributed by atoms with Crippen molar-refractivity contribution in [3.8, 4) is 0 Å². The molecule has 2 rings (SSSR count). The first-order chi connectivity index (χ1) is 9.18. The van der Waals surface area contributed by atoms with Crippen molar-refractivity contribution in [1.82, 2.24) is 0 Å². The van der Waals surface area contributed by atoms with Crippen LogP contribution < -0.4 is 0 Å². The molecule has 1 fully saturated rings. The van der Waals surface area contributed by atoms with Gasteiger partial charge in [-0.15, -0.1) is 0 Å². The van der Waals surface area contributed by atoms with E-state index in [0.717, 1.165) is 5.56 Å². The van der Waals surface area contributed by atoms with Gasteiger partial charge in [-0.2, -0.15) is 8.42 Å². The summed E-state index contributed by atoms with van der Waals surface area (Å²) in [7, 11) is -6.77. The van der Waals surface area contributed by atoms with Gasteiger partial charge in [0.1, 0.15) is 9.84 Å². The highest BCUT2D eigenvalue weighted by Crippen LogP contribution is 2.33. The normalized spacial score (nSPS) is 23.3. The van der Waals surface area contributed by atoms with Crippen molar-refractivity contribution in [2.24, 2.45) is 5.92 Å². The number of sulfone groups is 1. The van der Waals surface area contributed by atoms with E-state index in [4.69, 9.17) is 4.18 Å². The molecule has 112 valence electrons. The molecule has 0 bridgehead atoms. The number of rotatable bonds is 5. The van der Waals surface area contributed by atoms with E-state index in [0.29, 0.717) is 12.8 Å². The minimum absolute atomic E-state index is 0.00468. The molecule has 0 N–H and O–H groups in total. The van der Waals surface area contributed by atoms with Crippen LogP contribution in [0.5, 0.6) is 0 Å². The Bertz CT molecular complexity index is 668. The topological polar surface area (TPSA) is 77.5 Å². The zero-order valence-electron chi connectivity index (χ0n) is 11.4. The molecule has 1 aliphatic rings. The van der Waals surface area contributed by atoms with Gasteiger partial charge >= 0.3 is 0 Å². The molecule has 0 heterocycles. The van der Waals surface area contributed by atoms with Crippen molar-refractivity contribution in [3.63, 3.8) is 0 Å². The van der Waals surface area contributed by atoms with E-state index in [1.54, 1.807) is 12.1 Å². The number of hydrogen-bond acceptors (Lipinski definition) is 5. The van der Waals surface area contributed by atoms with Gasteiger partial charge in [0.15, 0.2) is 0 Å². The van der Waals surface area contributed by atoms with E-state index in [-0.39, 0.29) is 22.7 Å². The van der Waals surface area contributed by atoms with Crippen LogP contribution in [0.4, 0.5) is 0 Å². The lowest BCUT2D eigenvalue weighted by Crippen LogP contribution is -2.37. The summed E-state index contributed by atoms with van der Waals surface area (Å²) in [5, 5.41) is -0.349. The molecular weight excluding hydrogens is 300 g/mol. The molecule has 1 aliphatic carbocycles. The van der Waals surface area contributed by atoms with Crippen LogP contribution >= 0.6 is 0 Å². The maximum Gasteiger partial charge on any atom is 0.296 e. The molecule has 0 aliphatic heterocycles. The molecule has 0 saturated heterocycles. The van der Waals surface area contributed by atoms with Gasteiger partial charge in [-0.05, 0) is 37.8 Å². The van der Waals surface area contributed by atoms with Crippen LogP contribution in [0.15, 0.2) is 29.2 Å². The van der Waals surface area contributed by atoms with Gasteiger partial charge in [0.2, 0.25) is 0 Å². The predicted molar refractivity (Wildman–Crippen MR) is 75.7 cm³/mol. The lowest BCUT2D eigenvalue weighted by Gasteiger charge is -2.33. The Hall–Kier alpha value is -0.920. The summed E-state index contributed by atoms with van der Waals surface area (Å²) in [4.78, 5) is 0.127. The van der Waals surface area contributed by atoms with E-state index in [1.807, 2.05) is 6.92 Å². The quantitative estimate of drug-likeness (QED) is 0.769. The molecule has 0 atom stereocenters. The zero-order valence-corrected chi connectivity index (χ0v) is 13.1. The van der Waals surface area contributed by atoms with Gasteiger partial charge in [0.25, 0.3) is 10.1 Å². The average Bonchev–Trinajstić information content (AvgIpc) is 2.25. The Morgan fingerprint density at radius 3 is 2.15 bits per heavy atom. The fraction of sp³-hybridized carbons (Fsp3) is 0.538. The maximum atomic E-state index is 11.9. The van der Waals surface area contributed by atoms with E-state index in [9.17, 15) is 16.8 Å². The third-order valence-electron chi connectivity index (χ3n) is 3.57. The third-order valence-corrected chi connectivity index (χ3v) is 6.46. The van der Waals surface area contributed by atoms with Gasteiger partial charge in [-0.3, -0.25) is 4.18 Å². The second-order valence-corrected chi connectivity index (χ2v) is 9.28. The number of hydrogen-bond donors (Lipinski definition) is 0. The van der Waals surface area contributed by atoms with E-state index in [2.05, 4.69) is 0 Å². The summed E-state index contributed by atoms with van der Waals surface area (Å²) < 4.78 is 51.4. The SMILES string of the molecule is Cc1ccc(S(=O)(=O)OCC2CC(S(C)(=O)=O)C2)cc1. The molecule has 1 aromatic carbocycles. The van der Waals surface area contributed by atoms with Crippen LogP contribution in [-0.2, 0) is 24.1 Å². The Morgan fingerprint density at radius 1 is 1.10 bits per heavy atom. The first-order valence-corrected chi connectivity index (χ1v) is 9.70. The van der Waals surface area contributed by atoms with Crippen LogP contribution in [0.2, 0.25) is 0 Å². The molecule has 0 spiro atoms. The number of aryl methyl sites for hydroxylation is 1. The van der Waals surface area contributed by atoms with Crippen molar-refractivity contribution in [3.05, 3.63) is 29.8 Å². The first-order valence-electron chi connectivity index (χ1n) is 6.33. The molecule has 0 amide bonds. The summed E-state index contributed by atoms with van der Waals surface area (Å²) in [6.45, 7) is 1.92. The van der Waals surface area contributed by atoms with Crippen molar-refractivity contribution < 1.29 is 21.0 Å². The highest BCUT2D eigenvalue weighted by molar-refractivity contribution is 7.91. The van der Waals surface area contributed by atoms with Crippen molar-refractivity contribution in [2.75, 3.05) is 12.9 Å². The van der Waals surface area contributed by atoms with Gasteiger partial charge in [0.05, 0.1) is 16.8 Å². The van der Waals surface area contributed by atoms with Crippen LogP contribution in [0.1, 0.15) is 18.4 Å². The Labute approximate surface area is 120 Å². The second kappa shape index (κ2) is 5.46. The standard InChI is InChI=1S/C13H18O5S2/c1-10-3-5-12(6-4-10)20(16,17)18-9-11-7-13(8-11)19(2,14)15/h3-6,11,13H,7-9H2,1-2H3. The average molecular weight is 318 g/mol. The summed E-state index contributed by atoms with van der Waals surface area (Å²) in [6, 6.07) is 6.42. The molecule has 0 radical (unpaired) electrons. The fourth-order valence-corrected chi connectivity index (χ4v) is 4.34. The largest absolute Gasteiger partial charge is 0.296 e. The van der Waals surface area contributed by atoms with E-state index >= 15 is 0 Å². The molecule has 5 nitrogen and oxygen atoms in total. The third kappa shape index (κ3) is 3.59. The molecule has 1 aromatic rings.